The van der Waals surface area contributed by atoms with Crippen molar-refractivity contribution in [3.8, 4) is 0 Å². The second kappa shape index (κ2) is 38.2. The Hall–Kier alpha value is -6.10. The lowest BCUT2D eigenvalue weighted by molar-refractivity contribution is -0.180. The topological polar surface area (TPSA) is 289 Å². The largest absolute Gasteiger partial charge is 0.481 e. The molecule has 0 saturated heterocycles. The van der Waals surface area contributed by atoms with Crippen molar-refractivity contribution < 1.29 is 81.8 Å². The number of rotatable bonds is 35. The summed E-state index contributed by atoms with van der Waals surface area (Å²) in [6, 6.07) is 10.8. The Labute approximate surface area is 512 Å². The van der Waals surface area contributed by atoms with Gasteiger partial charge in [0, 0.05) is 81.6 Å². The molecule has 2 aromatic carbocycles. The fraction of sp³-hybridized carbons (Fsp3) is 0.641. The van der Waals surface area contributed by atoms with Gasteiger partial charge in [0.05, 0.1) is 76.7 Å². The number of Topliss-reactive ketones (excluding diaryl/α,β-unsaturated/α-hetero) is 2. The standard InChI is InChI=1S/C64H95ClN4O17/c1-40(2)35-54-62(79)85-53(13-12-14-55(72)67-50(38-47-16-15-42(5)49(65)37-47)61(78)66-39-64(9,10)63(80)86-54)45(8)60(77)44(7)48-20-17-46(18-21-48)19-22-51(70)43(6)36-52(71)59(41(3)4)68-56(73)23-26-69(27-24-58(75)76)57(74)25-28-82-31-32-84-34-33-83-30-29-81-11/h12,14-18,20-21,37,40-41,43-45,50,53-54,59-60,77H,13,19,22-36,38-39H2,1-11H3,(H,66,78)(H,67,72)(H,68,73)(H,75,76)/b14-12+/t43-,44-,45+,50-,53+,54+,59+,60+/m1/s1. The van der Waals surface area contributed by atoms with Gasteiger partial charge in [0.25, 0.3) is 0 Å². The molecule has 2 aromatic rings. The molecule has 86 heavy (non-hydrogen) atoms. The van der Waals surface area contributed by atoms with Crippen molar-refractivity contribution in [3.05, 3.63) is 81.9 Å². The van der Waals surface area contributed by atoms with Crippen LogP contribution in [-0.2, 0) is 84.4 Å². The lowest BCUT2D eigenvalue weighted by atomic mass is 9.83. The number of carbonyl (C=O) groups is 9. The Balaban J connectivity index is 1.64. The van der Waals surface area contributed by atoms with Gasteiger partial charge in [0.2, 0.25) is 23.6 Å². The zero-order valence-corrected chi connectivity index (χ0v) is 53.0. The first-order chi connectivity index (χ1) is 40.6. The van der Waals surface area contributed by atoms with Gasteiger partial charge in [-0.2, -0.15) is 0 Å². The van der Waals surface area contributed by atoms with Crippen molar-refractivity contribution in [1.82, 2.24) is 20.9 Å². The van der Waals surface area contributed by atoms with Crippen LogP contribution in [0.5, 0.6) is 0 Å². The Morgan fingerprint density at radius 3 is 2.02 bits per heavy atom. The molecule has 0 unspecified atom stereocenters. The molecule has 21 nitrogen and oxygen atoms in total. The Morgan fingerprint density at radius 2 is 1.42 bits per heavy atom. The molecule has 0 aliphatic carbocycles. The number of nitrogens with zero attached hydrogens (tertiary/aromatic N) is 1. The van der Waals surface area contributed by atoms with E-state index in [2.05, 4.69) is 16.0 Å². The highest BCUT2D eigenvalue weighted by molar-refractivity contribution is 6.31. The third-order valence-corrected chi connectivity index (χ3v) is 15.5. The number of aliphatic carboxylic acids is 1. The second-order valence-corrected chi connectivity index (χ2v) is 24.1. The monoisotopic (exact) mass is 1230 g/mol. The summed E-state index contributed by atoms with van der Waals surface area (Å²) in [7, 11) is 1.58. The molecule has 0 radical (unpaired) electrons. The third-order valence-electron chi connectivity index (χ3n) is 15.1. The smallest absolute Gasteiger partial charge is 0.347 e. The number of cyclic esters (lactones) is 2. The van der Waals surface area contributed by atoms with Crippen LogP contribution >= 0.6 is 11.6 Å². The van der Waals surface area contributed by atoms with Gasteiger partial charge >= 0.3 is 17.9 Å². The van der Waals surface area contributed by atoms with Crippen molar-refractivity contribution in [2.75, 3.05) is 73.0 Å². The number of carbonyl (C=O) groups excluding carboxylic acids is 8. The van der Waals surface area contributed by atoms with E-state index in [0.29, 0.717) is 50.0 Å². The molecule has 8 atom stereocenters. The number of aliphatic hydroxyl groups is 1. The average Bonchev–Trinajstić information content (AvgIpc) is 3.48. The molecule has 3 rings (SSSR count). The van der Waals surface area contributed by atoms with Gasteiger partial charge in [-0.3, -0.25) is 38.4 Å². The summed E-state index contributed by atoms with van der Waals surface area (Å²) in [6.45, 7) is 19.5. The molecule has 480 valence electrons. The van der Waals surface area contributed by atoms with E-state index in [1.54, 1.807) is 54.7 Å². The van der Waals surface area contributed by atoms with Gasteiger partial charge in [-0.05, 0) is 79.8 Å². The third kappa shape index (κ3) is 26.9. The molecule has 5 N–H and O–H groups in total. The summed E-state index contributed by atoms with van der Waals surface area (Å²) >= 11 is 6.39. The van der Waals surface area contributed by atoms with Crippen LogP contribution in [0.1, 0.15) is 135 Å². The number of halogens is 1. The van der Waals surface area contributed by atoms with E-state index in [0.717, 1.165) is 16.7 Å². The number of methoxy groups -OCH3 is 1. The molecule has 22 heteroatoms. The number of ether oxygens (including phenoxy) is 6. The van der Waals surface area contributed by atoms with E-state index < -0.39 is 89.2 Å². The van der Waals surface area contributed by atoms with Crippen LogP contribution in [0.25, 0.3) is 0 Å². The van der Waals surface area contributed by atoms with E-state index in [-0.39, 0.29) is 114 Å². The molecule has 1 aliphatic heterocycles. The Bertz CT molecular complexity index is 2560. The van der Waals surface area contributed by atoms with Crippen LogP contribution < -0.4 is 16.0 Å². The number of amides is 4. The molecule has 0 bridgehead atoms. The lowest BCUT2D eigenvalue weighted by Gasteiger charge is -2.33. The number of aryl methyl sites for hydroxylation is 2. The van der Waals surface area contributed by atoms with Gasteiger partial charge in [0.1, 0.15) is 17.9 Å². The number of aliphatic hydroxyl groups excluding tert-OH is 1. The van der Waals surface area contributed by atoms with Gasteiger partial charge in [0.15, 0.2) is 11.9 Å². The van der Waals surface area contributed by atoms with Crippen LogP contribution in [0, 0.1) is 36.0 Å². The first kappa shape index (κ1) is 74.2. The summed E-state index contributed by atoms with van der Waals surface area (Å²) in [5.41, 5.74) is 1.83. The zero-order chi connectivity index (χ0) is 64.1. The molecule has 4 amide bonds. The van der Waals surface area contributed by atoms with Crippen LogP contribution in [0.15, 0.2) is 54.6 Å². The van der Waals surface area contributed by atoms with Crippen LogP contribution in [0.3, 0.4) is 0 Å². The van der Waals surface area contributed by atoms with Gasteiger partial charge in [-0.1, -0.05) is 103 Å². The fourth-order valence-electron chi connectivity index (χ4n) is 9.36. The minimum Gasteiger partial charge on any atom is -0.481 e. The number of nitrogens with one attached hydrogen (secondary N) is 3. The number of carboxylic acids is 1. The fourth-order valence-corrected chi connectivity index (χ4v) is 9.56. The maximum atomic E-state index is 14.0. The summed E-state index contributed by atoms with van der Waals surface area (Å²) in [6.07, 6.45) is -0.597. The minimum atomic E-state index is -1.31. The van der Waals surface area contributed by atoms with Crippen LogP contribution in [0.2, 0.25) is 5.02 Å². The molecule has 0 saturated carbocycles. The summed E-state index contributed by atoms with van der Waals surface area (Å²) in [4.78, 5) is 121. The van der Waals surface area contributed by atoms with Crippen molar-refractivity contribution in [3.63, 3.8) is 0 Å². The quantitative estimate of drug-likeness (QED) is 0.0365. The molecular formula is C64H95ClN4O17. The maximum absolute atomic E-state index is 14.0. The highest BCUT2D eigenvalue weighted by Crippen LogP contribution is 2.30. The molecule has 0 fully saturated rings. The van der Waals surface area contributed by atoms with Crippen LogP contribution in [-0.4, -0.2) is 172 Å². The number of esters is 2. The molecular weight excluding hydrogens is 1130 g/mol. The lowest BCUT2D eigenvalue weighted by Crippen LogP contribution is -2.51. The predicted molar refractivity (Wildman–Crippen MR) is 323 cm³/mol. The average molecular weight is 1230 g/mol. The van der Waals surface area contributed by atoms with Crippen molar-refractivity contribution in [1.29, 1.82) is 0 Å². The predicted octanol–water partition coefficient (Wildman–Crippen LogP) is 6.47. The van der Waals surface area contributed by atoms with Crippen molar-refractivity contribution >= 4 is 64.7 Å². The first-order valence-electron chi connectivity index (χ1n) is 29.9. The number of ketones is 2. The molecule has 1 aliphatic rings. The molecule has 0 aromatic heterocycles. The van der Waals surface area contributed by atoms with Crippen molar-refractivity contribution in [2.24, 2.45) is 29.1 Å². The van der Waals surface area contributed by atoms with E-state index in [1.165, 1.54) is 17.1 Å². The number of carboxylic acid groups (broad SMARTS) is 1. The van der Waals surface area contributed by atoms with E-state index in [4.69, 9.17) is 40.0 Å². The number of hydrogen-bond donors (Lipinski definition) is 5. The van der Waals surface area contributed by atoms with E-state index in [9.17, 15) is 53.4 Å². The molecule has 1 heterocycles. The normalized spacial score (nSPS) is 19.0. The van der Waals surface area contributed by atoms with Crippen LogP contribution in [0.4, 0.5) is 0 Å². The first-order valence-corrected chi connectivity index (χ1v) is 30.3. The highest BCUT2D eigenvalue weighted by Gasteiger charge is 2.39. The summed E-state index contributed by atoms with van der Waals surface area (Å²) < 4.78 is 33.1. The maximum Gasteiger partial charge on any atom is 0.347 e. The second-order valence-electron chi connectivity index (χ2n) is 23.6. The SMILES string of the molecule is COCCOCCOCCOCCC(=O)N(CCC(=O)O)CCC(=O)N[C@H](C(=O)C[C@@H](C)C(=O)CCc1ccc([C@@H](C)[C@H](O)[C@@H](C)[C@@H]2C/C=C/C(=O)N[C@H](Cc3ccc(C)c(Cl)c3)C(=O)NCC(C)(C)C(=O)O[C@@H](CC(C)C)C(=O)O2)cc1)C(C)C. The van der Waals surface area contributed by atoms with Gasteiger partial charge in [-0.15, -0.1) is 0 Å². The van der Waals surface area contributed by atoms with Crippen molar-refractivity contribution in [2.45, 2.75) is 163 Å². The Morgan fingerprint density at radius 1 is 0.802 bits per heavy atom. The summed E-state index contributed by atoms with van der Waals surface area (Å²) in [5, 5.41) is 30.0. The van der Waals surface area contributed by atoms with Gasteiger partial charge < -0.3 is 59.5 Å². The van der Waals surface area contributed by atoms with Gasteiger partial charge in [-0.25, -0.2) is 4.79 Å². The number of hydrogen-bond acceptors (Lipinski definition) is 16. The van der Waals surface area contributed by atoms with E-state index >= 15 is 0 Å². The minimum absolute atomic E-state index is 0.0182. The van der Waals surface area contributed by atoms with E-state index in [1.807, 2.05) is 64.1 Å². The summed E-state index contributed by atoms with van der Waals surface area (Å²) in [5.74, 6) is -7.47. The highest BCUT2D eigenvalue weighted by atomic mass is 35.5. The Kier molecular flexibility index (Phi) is 33.0. The molecule has 0 spiro atoms. The zero-order valence-electron chi connectivity index (χ0n) is 52.2. The number of benzene rings is 2.